The van der Waals surface area contributed by atoms with Crippen LogP contribution >= 0.6 is 0 Å². The molecule has 0 spiro atoms. The van der Waals surface area contributed by atoms with Crippen molar-refractivity contribution in [2.45, 2.75) is 19.8 Å². The van der Waals surface area contributed by atoms with Crippen LogP contribution < -0.4 is 4.74 Å². The van der Waals surface area contributed by atoms with E-state index in [9.17, 15) is 4.79 Å². The molecule has 1 rings (SSSR count). The molecular weight excluding hydrogens is 202 g/mol. The van der Waals surface area contributed by atoms with E-state index in [1.165, 1.54) is 0 Å². The minimum Gasteiger partial charge on any atom is -0.427 e. The number of carbonyl (C=O) groups is 1. The first kappa shape index (κ1) is 12.7. The smallest absolute Gasteiger partial charge is 0.311 e. The van der Waals surface area contributed by atoms with Crippen LogP contribution in [0.4, 0.5) is 0 Å². The van der Waals surface area contributed by atoms with Gasteiger partial charge >= 0.3 is 5.97 Å². The zero-order valence-corrected chi connectivity index (χ0v) is 10.2. The molecule has 1 aromatic rings. The molecule has 0 fully saturated rings. The first-order chi connectivity index (χ1) is 7.58. The molecule has 1 aromatic carbocycles. The Morgan fingerprint density at radius 1 is 1.25 bits per heavy atom. The Morgan fingerprint density at radius 2 is 1.88 bits per heavy atom. The second-order valence-corrected chi connectivity index (χ2v) is 4.19. The molecule has 0 amide bonds. The third-order valence-corrected chi connectivity index (χ3v) is 2.24. The van der Waals surface area contributed by atoms with Crippen LogP contribution in [0.25, 0.3) is 0 Å². The molecule has 0 bridgehead atoms. The van der Waals surface area contributed by atoms with Gasteiger partial charge in [-0.15, -0.1) is 0 Å². The molecule has 0 atom stereocenters. The lowest BCUT2D eigenvalue weighted by Crippen LogP contribution is -2.16. The van der Waals surface area contributed by atoms with Crippen LogP contribution in [0.1, 0.15) is 18.4 Å². The van der Waals surface area contributed by atoms with Crippen molar-refractivity contribution < 1.29 is 9.53 Å². The molecule has 0 unspecified atom stereocenters. The molecule has 0 radical (unpaired) electrons. The number of hydrogen-bond donors (Lipinski definition) is 0. The second kappa shape index (κ2) is 6.28. The van der Waals surface area contributed by atoms with E-state index >= 15 is 0 Å². The lowest BCUT2D eigenvalue weighted by Gasteiger charge is -2.08. The van der Waals surface area contributed by atoms with E-state index in [4.69, 9.17) is 4.74 Å². The number of rotatable bonds is 5. The first-order valence-electron chi connectivity index (χ1n) is 5.50. The monoisotopic (exact) mass is 221 g/mol. The third kappa shape index (κ3) is 4.94. The van der Waals surface area contributed by atoms with Gasteiger partial charge in [0.1, 0.15) is 5.75 Å². The van der Waals surface area contributed by atoms with Crippen molar-refractivity contribution in [3.05, 3.63) is 29.8 Å². The molecule has 0 saturated carbocycles. The molecule has 3 nitrogen and oxygen atoms in total. The average molecular weight is 221 g/mol. The van der Waals surface area contributed by atoms with Gasteiger partial charge in [-0.1, -0.05) is 17.7 Å². The van der Waals surface area contributed by atoms with Gasteiger partial charge in [0.15, 0.2) is 0 Å². The van der Waals surface area contributed by atoms with Crippen molar-refractivity contribution >= 4 is 5.97 Å². The van der Waals surface area contributed by atoms with Crippen LogP contribution in [-0.2, 0) is 4.79 Å². The fraction of sp³-hybridized carbons (Fsp3) is 0.462. The maximum absolute atomic E-state index is 11.4. The number of hydrogen-bond acceptors (Lipinski definition) is 3. The zero-order valence-electron chi connectivity index (χ0n) is 10.2. The highest BCUT2D eigenvalue weighted by Crippen LogP contribution is 2.12. The Hall–Kier alpha value is -1.35. The predicted molar refractivity (Wildman–Crippen MR) is 64.6 cm³/mol. The molecule has 0 saturated heterocycles. The topological polar surface area (TPSA) is 29.5 Å². The maximum Gasteiger partial charge on any atom is 0.311 e. The van der Waals surface area contributed by atoms with Gasteiger partial charge < -0.3 is 9.64 Å². The zero-order chi connectivity index (χ0) is 12.0. The Morgan fingerprint density at radius 3 is 2.44 bits per heavy atom. The van der Waals surface area contributed by atoms with E-state index in [0.29, 0.717) is 12.2 Å². The van der Waals surface area contributed by atoms with E-state index in [1.54, 1.807) is 0 Å². The van der Waals surface area contributed by atoms with Crippen LogP contribution in [0.3, 0.4) is 0 Å². The summed E-state index contributed by atoms with van der Waals surface area (Å²) in [6.45, 7) is 2.91. The van der Waals surface area contributed by atoms with Crippen LogP contribution in [0.2, 0.25) is 0 Å². The van der Waals surface area contributed by atoms with Crippen molar-refractivity contribution in [2.75, 3.05) is 20.6 Å². The van der Waals surface area contributed by atoms with Gasteiger partial charge in [0, 0.05) is 6.42 Å². The van der Waals surface area contributed by atoms with Crippen molar-refractivity contribution in [3.8, 4) is 5.75 Å². The molecule has 16 heavy (non-hydrogen) atoms. The average Bonchev–Trinajstić information content (AvgIpc) is 2.21. The standard InChI is InChI=1S/C13H19NO2/c1-11-6-8-12(9-7-11)16-13(15)5-4-10-14(2)3/h6-9H,4-5,10H2,1-3H3. The van der Waals surface area contributed by atoms with Crippen molar-refractivity contribution in [2.24, 2.45) is 0 Å². The maximum atomic E-state index is 11.4. The van der Waals surface area contributed by atoms with Gasteiger partial charge in [-0.3, -0.25) is 4.79 Å². The number of nitrogens with zero attached hydrogens (tertiary/aromatic N) is 1. The fourth-order valence-electron chi connectivity index (χ4n) is 1.33. The van der Waals surface area contributed by atoms with E-state index in [2.05, 4.69) is 4.90 Å². The van der Waals surface area contributed by atoms with Gasteiger partial charge in [0.2, 0.25) is 0 Å². The lowest BCUT2D eigenvalue weighted by atomic mass is 10.2. The Balaban J connectivity index is 2.31. The number of benzene rings is 1. The minimum atomic E-state index is -0.161. The molecule has 3 heteroatoms. The van der Waals surface area contributed by atoms with Gasteiger partial charge in [-0.05, 0) is 46.1 Å². The number of aryl methyl sites for hydroxylation is 1. The van der Waals surface area contributed by atoms with E-state index < -0.39 is 0 Å². The van der Waals surface area contributed by atoms with Gasteiger partial charge in [0.25, 0.3) is 0 Å². The van der Waals surface area contributed by atoms with Gasteiger partial charge in [0.05, 0.1) is 0 Å². The molecule has 88 valence electrons. The molecule has 0 aliphatic carbocycles. The summed E-state index contributed by atoms with van der Waals surface area (Å²) >= 11 is 0. The molecule has 0 heterocycles. The van der Waals surface area contributed by atoms with Crippen molar-refractivity contribution in [3.63, 3.8) is 0 Å². The predicted octanol–water partition coefficient (Wildman–Crippen LogP) is 2.24. The van der Waals surface area contributed by atoms with Crippen LogP contribution in [-0.4, -0.2) is 31.5 Å². The largest absolute Gasteiger partial charge is 0.427 e. The Kier molecular flexibility index (Phi) is 4.99. The Labute approximate surface area is 97.0 Å². The summed E-state index contributed by atoms with van der Waals surface area (Å²) < 4.78 is 5.19. The lowest BCUT2D eigenvalue weighted by molar-refractivity contribution is -0.134. The highest BCUT2D eigenvalue weighted by atomic mass is 16.5. The first-order valence-corrected chi connectivity index (χ1v) is 5.50. The summed E-state index contributed by atoms with van der Waals surface area (Å²) in [5, 5.41) is 0. The summed E-state index contributed by atoms with van der Waals surface area (Å²) in [6.07, 6.45) is 1.30. The summed E-state index contributed by atoms with van der Waals surface area (Å²) in [7, 11) is 3.98. The summed E-state index contributed by atoms with van der Waals surface area (Å²) in [4.78, 5) is 13.5. The van der Waals surface area contributed by atoms with E-state index in [1.807, 2.05) is 45.3 Å². The minimum absolute atomic E-state index is 0.161. The number of esters is 1. The molecule has 0 aliphatic heterocycles. The van der Waals surface area contributed by atoms with Gasteiger partial charge in [-0.25, -0.2) is 0 Å². The normalized spacial score (nSPS) is 10.5. The van der Waals surface area contributed by atoms with E-state index in [-0.39, 0.29) is 5.97 Å². The van der Waals surface area contributed by atoms with Crippen molar-refractivity contribution in [1.82, 2.24) is 4.90 Å². The summed E-state index contributed by atoms with van der Waals surface area (Å²) in [5.74, 6) is 0.464. The van der Waals surface area contributed by atoms with Gasteiger partial charge in [-0.2, -0.15) is 0 Å². The molecular formula is C13H19NO2. The Bertz CT molecular complexity index is 330. The SMILES string of the molecule is Cc1ccc(OC(=O)CCCN(C)C)cc1. The van der Waals surface area contributed by atoms with Crippen LogP contribution in [0.15, 0.2) is 24.3 Å². The quantitative estimate of drug-likeness (QED) is 0.564. The summed E-state index contributed by atoms with van der Waals surface area (Å²) in [6, 6.07) is 7.50. The van der Waals surface area contributed by atoms with Crippen LogP contribution in [0.5, 0.6) is 5.75 Å². The molecule has 0 N–H and O–H groups in total. The van der Waals surface area contributed by atoms with Crippen LogP contribution in [0, 0.1) is 6.92 Å². The van der Waals surface area contributed by atoms with Crippen molar-refractivity contribution in [1.29, 1.82) is 0 Å². The highest BCUT2D eigenvalue weighted by Gasteiger charge is 2.04. The molecule has 0 aliphatic rings. The number of carbonyl (C=O) groups excluding carboxylic acids is 1. The second-order valence-electron chi connectivity index (χ2n) is 4.19. The molecule has 0 aromatic heterocycles. The number of ether oxygens (including phenoxy) is 1. The highest BCUT2D eigenvalue weighted by molar-refractivity contribution is 5.72. The summed E-state index contributed by atoms with van der Waals surface area (Å²) in [5.41, 5.74) is 1.16. The van der Waals surface area contributed by atoms with E-state index in [0.717, 1.165) is 18.5 Å². The fourth-order valence-corrected chi connectivity index (χ4v) is 1.33. The third-order valence-electron chi connectivity index (χ3n) is 2.24.